The Bertz CT molecular complexity index is 943. The van der Waals surface area contributed by atoms with Gasteiger partial charge in [0.2, 0.25) is 5.82 Å². The van der Waals surface area contributed by atoms with Crippen molar-refractivity contribution in [1.82, 2.24) is 25.1 Å². The monoisotopic (exact) mass is 347 g/mol. The van der Waals surface area contributed by atoms with Gasteiger partial charge in [-0.15, -0.1) is 10.2 Å². The number of tetrazole rings is 1. The molecule has 2 aromatic carbocycles. The van der Waals surface area contributed by atoms with Gasteiger partial charge in [-0.25, -0.2) is 0 Å². The Kier molecular flexibility index (Phi) is 4.04. The molecule has 1 aliphatic heterocycles. The molecule has 7 heteroatoms. The minimum absolute atomic E-state index is 0.205. The normalized spacial score (nSPS) is 13.3. The summed E-state index contributed by atoms with van der Waals surface area (Å²) >= 11 is 0. The Morgan fingerprint density at radius 1 is 0.885 bits per heavy atom. The number of imide groups is 1. The predicted octanol–water partition coefficient (Wildman–Crippen LogP) is 2.20. The van der Waals surface area contributed by atoms with Gasteiger partial charge in [-0.1, -0.05) is 43.3 Å². The third-order valence-electron chi connectivity index (χ3n) is 4.48. The third-order valence-corrected chi connectivity index (χ3v) is 4.48. The number of fused-ring (bicyclic) bond motifs is 1. The van der Waals surface area contributed by atoms with Crippen molar-refractivity contribution in [1.29, 1.82) is 0 Å². The Morgan fingerprint density at radius 3 is 2.15 bits per heavy atom. The fraction of sp³-hybridized carbons (Fsp3) is 0.211. The van der Waals surface area contributed by atoms with Gasteiger partial charge >= 0.3 is 0 Å². The van der Waals surface area contributed by atoms with Crippen LogP contribution in [0.5, 0.6) is 0 Å². The van der Waals surface area contributed by atoms with Crippen molar-refractivity contribution in [3.63, 3.8) is 0 Å². The van der Waals surface area contributed by atoms with Gasteiger partial charge in [0, 0.05) is 5.56 Å². The summed E-state index contributed by atoms with van der Waals surface area (Å²) < 4.78 is 0. The molecule has 1 aliphatic rings. The molecule has 26 heavy (non-hydrogen) atoms. The lowest BCUT2D eigenvalue weighted by Gasteiger charge is -2.12. The van der Waals surface area contributed by atoms with Gasteiger partial charge < -0.3 is 0 Å². The molecule has 3 aromatic rings. The average molecular weight is 347 g/mol. The van der Waals surface area contributed by atoms with Crippen LogP contribution in [0.15, 0.2) is 48.5 Å². The van der Waals surface area contributed by atoms with E-state index in [1.165, 1.54) is 15.3 Å². The minimum atomic E-state index is -0.277. The van der Waals surface area contributed by atoms with E-state index in [0.29, 0.717) is 23.5 Å². The standard InChI is InChI=1S/C19H17N5O2/c1-2-13-7-9-14(10-8-13)17-20-22-24(21-17)12-11-23-18(25)15-5-3-4-6-16(15)19(23)26/h3-10H,2,11-12H2,1H3. The first-order valence-corrected chi connectivity index (χ1v) is 8.49. The molecule has 0 saturated heterocycles. The number of hydrogen-bond acceptors (Lipinski definition) is 5. The van der Waals surface area contributed by atoms with Crippen LogP contribution < -0.4 is 0 Å². The van der Waals surface area contributed by atoms with Gasteiger partial charge in [0.25, 0.3) is 11.8 Å². The number of aromatic nitrogens is 4. The molecule has 1 aromatic heterocycles. The van der Waals surface area contributed by atoms with Gasteiger partial charge in [0.05, 0.1) is 24.2 Å². The molecule has 0 aliphatic carbocycles. The van der Waals surface area contributed by atoms with Crippen LogP contribution >= 0.6 is 0 Å². The number of benzene rings is 2. The number of amides is 2. The Balaban J connectivity index is 1.45. The summed E-state index contributed by atoms with van der Waals surface area (Å²) in [7, 11) is 0. The molecule has 0 radical (unpaired) electrons. The molecule has 2 amide bonds. The highest BCUT2D eigenvalue weighted by atomic mass is 16.2. The van der Waals surface area contributed by atoms with Crippen molar-refractivity contribution in [3.8, 4) is 11.4 Å². The quantitative estimate of drug-likeness (QED) is 0.661. The number of carbonyl (C=O) groups excluding carboxylic acids is 2. The van der Waals surface area contributed by atoms with E-state index < -0.39 is 0 Å². The molecule has 0 unspecified atom stereocenters. The number of hydrogen-bond donors (Lipinski definition) is 0. The van der Waals surface area contributed by atoms with Crippen LogP contribution in [0.1, 0.15) is 33.2 Å². The SMILES string of the molecule is CCc1ccc(-c2nnn(CCN3C(=O)c4ccccc4C3=O)n2)cc1. The van der Waals surface area contributed by atoms with Gasteiger partial charge in [-0.2, -0.15) is 4.80 Å². The number of rotatable bonds is 5. The van der Waals surface area contributed by atoms with Crippen LogP contribution in [0, 0.1) is 0 Å². The first kappa shape index (κ1) is 16.1. The maximum absolute atomic E-state index is 12.4. The second-order valence-electron chi connectivity index (χ2n) is 6.07. The highest BCUT2D eigenvalue weighted by molar-refractivity contribution is 6.21. The summed E-state index contributed by atoms with van der Waals surface area (Å²) in [5, 5.41) is 12.4. The lowest BCUT2D eigenvalue weighted by atomic mass is 10.1. The summed E-state index contributed by atoms with van der Waals surface area (Å²) in [4.78, 5) is 27.3. The van der Waals surface area contributed by atoms with Crippen LogP contribution in [-0.2, 0) is 13.0 Å². The minimum Gasteiger partial charge on any atom is -0.272 e. The smallest absolute Gasteiger partial charge is 0.261 e. The summed E-state index contributed by atoms with van der Waals surface area (Å²) in [6.07, 6.45) is 0.973. The van der Waals surface area contributed by atoms with Crippen LogP contribution in [-0.4, -0.2) is 43.5 Å². The van der Waals surface area contributed by atoms with Crippen molar-refractivity contribution >= 4 is 11.8 Å². The van der Waals surface area contributed by atoms with Crippen molar-refractivity contribution in [2.75, 3.05) is 6.54 Å². The molecule has 2 heterocycles. The highest BCUT2D eigenvalue weighted by Crippen LogP contribution is 2.22. The van der Waals surface area contributed by atoms with Crippen LogP contribution in [0.2, 0.25) is 0 Å². The first-order chi connectivity index (χ1) is 12.7. The Morgan fingerprint density at radius 2 is 1.54 bits per heavy atom. The average Bonchev–Trinajstić information content (AvgIpc) is 3.25. The number of nitrogens with zero attached hydrogens (tertiary/aromatic N) is 5. The lowest BCUT2D eigenvalue weighted by molar-refractivity contribution is 0.0645. The third kappa shape index (κ3) is 2.77. The topological polar surface area (TPSA) is 81.0 Å². The molecule has 7 nitrogen and oxygen atoms in total. The molecule has 0 bridgehead atoms. The predicted molar refractivity (Wildman–Crippen MR) is 94.4 cm³/mol. The van der Waals surface area contributed by atoms with Crippen LogP contribution in [0.4, 0.5) is 0 Å². The maximum Gasteiger partial charge on any atom is 0.261 e. The van der Waals surface area contributed by atoms with Gasteiger partial charge in [0.1, 0.15) is 0 Å². The van der Waals surface area contributed by atoms with E-state index in [1.54, 1.807) is 24.3 Å². The van der Waals surface area contributed by atoms with Crippen LogP contribution in [0.3, 0.4) is 0 Å². The summed E-state index contributed by atoms with van der Waals surface area (Å²) in [5.74, 6) is -0.0304. The van der Waals surface area contributed by atoms with Gasteiger partial charge in [0.15, 0.2) is 0 Å². The second kappa shape index (κ2) is 6.51. The summed E-state index contributed by atoms with van der Waals surface area (Å²) in [5.41, 5.74) is 3.02. The summed E-state index contributed by atoms with van der Waals surface area (Å²) in [6.45, 7) is 2.60. The molecule has 0 spiro atoms. The molecular formula is C19H17N5O2. The maximum atomic E-state index is 12.4. The zero-order chi connectivity index (χ0) is 18.1. The number of carbonyl (C=O) groups is 2. The Labute approximate surface area is 150 Å². The van der Waals surface area contributed by atoms with Crippen molar-refractivity contribution in [2.24, 2.45) is 0 Å². The van der Waals surface area contributed by atoms with E-state index in [-0.39, 0.29) is 18.4 Å². The largest absolute Gasteiger partial charge is 0.272 e. The lowest BCUT2D eigenvalue weighted by Crippen LogP contribution is -2.33. The Hall–Kier alpha value is -3.35. The fourth-order valence-electron chi connectivity index (χ4n) is 2.97. The van der Waals surface area contributed by atoms with E-state index in [9.17, 15) is 9.59 Å². The molecule has 0 N–H and O–H groups in total. The van der Waals surface area contributed by atoms with E-state index >= 15 is 0 Å². The van der Waals surface area contributed by atoms with Crippen molar-refractivity contribution in [3.05, 3.63) is 65.2 Å². The first-order valence-electron chi connectivity index (χ1n) is 8.49. The zero-order valence-corrected chi connectivity index (χ0v) is 14.3. The molecule has 0 saturated carbocycles. The number of aryl methyl sites for hydroxylation is 1. The van der Waals surface area contributed by atoms with Gasteiger partial charge in [-0.3, -0.25) is 14.5 Å². The second-order valence-corrected chi connectivity index (χ2v) is 6.07. The summed E-state index contributed by atoms with van der Waals surface area (Å²) in [6, 6.07) is 14.8. The molecule has 4 rings (SSSR count). The van der Waals surface area contributed by atoms with E-state index in [2.05, 4.69) is 22.3 Å². The molecule has 0 fully saturated rings. The zero-order valence-electron chi connectivity index (χ0n) is 14.3. The fourth-order valence-corrected chi connectivity index (χ4v) is 2.97. The van der Waals surface area contributed by atoms with Crippen molar-refractivity contribution < 1.29 is 9.59 Å². The van der Waals surface area contributed by atoms with Crippen LogP contribution in [0.25, 0.3) is 11.4 Å². The van der Waals surface area contributed by atoms with Gasteiger partial charge in [-0.05, 0) is 29.3 Å². The molecule has 130 valence electrons. The van der Waals surface area contributed by atoms with E-state index in [1.807, 2.05) is 24.3 Å². The molecular weight excluding hydrogens is 330 g/mol. The highest BCUT2D eigenvalue weighted by Gasteiger charge is 2.34. The molecule has 0 atom stereocenters. The van der Waals surface area contributed by atoms with Crippen molar-refractivity contribution in [2.45, 2.75) is 19.9 Å². The van der Waals surface area contributed by atoms with E-state index in [4.69, 9.17) is 0 Å². The van der Waals surface area contributed by atoms with E-state index in [0.717, 1.165) is 12.0 Å².